The zero-order chi connectivity index (χ0) is 19.2. The molecule has 1 atom stereocenters. The Morgan fingerprint density at radius 1 is 1.04 bits per heavy atom. The van der Waals surface area contributed by atoms with Crippen molar-refractivity contribution in [3.05, 3.63) is 78.3 Å². The number of hydrogen-bond donors (Lipinski definition) is 2. The molecule has 0 saturated carbocycles. The molecule has 0 aliphatic rings. The van der Waals surface area contributed by atoms with Gasteiger partial charge in [0.2, 0.25) is 0 Å². The zero-order valence-electron chi connectivity index (χ0n) is 14.7. The minimum Gasteiger partial charge on any atom is -0.508 e. The van der Waals surface area contributed by atoms with E-state index in [1.54, 1.807) is 60.7 Å². The molecule has 0 aliphatic heterocycles. The van der Waals surface area contributed by atoms with E-state index in [1.165, 1.54) is 13.2 Å². The molecule has 0 unspecified atom stereocenters. The first kappa shape index (κ1) is 18.3. The maximum absolute atomic E-state index is 12.2. The average Bonchev–Trinajstić information content (AvgIpc) is 3.20. The van der Waals surface area contributed by atoms with Crippen LogP contribution in [0.15, 0.2) is 71.3 Å². The van der Waals surface area contributed by atoms with Gasteiger partial charge in [0.15, 0.2) is 6.10 Å². The average molecular weight is 365 g/mol. The van der Waals surface area contributed by atoms with Gasteiger partial charge in [-0.1, -0.05) is 24.3 Å². The summed E-state index contributed by atoms with van der Waals surface area (Å²) in [7, 11) is 0. The van der Waals surface area contributed by atoms with Gasteiger partial charge in [0.25, 0.3) is 5.91 Å². The largest absolute Gasteiger partial charge is 0.508 e. The normalized spacial score (nSPS) is 11.6. The molecule has 0 fully saturated rings. The number of aromatic hydroxyl groups is 1. The smallest absolute Gasteiger partial charge is 0.338 e. The summed E-state index contributed by atoms with van der Waals surface area (Å²) < 4.78 is 10.3. The van der Waals surface area contributed by atoms with Crippen molar-refractivity contribution >= 4 is 11.9 Å². The number of nitrogens with one attached hydrogen (secondary N) is 1. The Bertz CT molecular complexity index is 899. The Labute approximate surface area is 156 Å². The zero-order valence-corrected chi connectivity index (χ0v) is 14.7. The number of phenols is 1. The van der Waals surface area contributed by atoms with Crippen molar-refractivity contribution in [2.45, 2.75) is 19.6 Å². The van der Waals surface area contributed by atoms with E-state index in [-0.39, 0.29) is 12.3 Å². The lowest BCUT2D eigenvalue weighted by Crippen LogP contribution is -2.35. The number of furan rings is 1. The molecule has 6 heteroatoms. The molecule has 2 N–H and O–H groups in total. The summed E-state index contributed by atoms with van der Waals surface area (Å²) in [6, 6.07) is 17.1. The van der Waals surface area contributed by atoms with Crippen LogP contribution in [-0.4, -0.2) is 23.1 Å². The number of carbonyl (C=O) groups is 2. The highest BCUT2D eigenvalue weighted by Gasteiger charge is 2.19. The fraction of sp³-hybridized carbons (Fsp3) is 0.143. The second kappa shape index (κ2) is 8.23. The number of carbonyl (C=O) groups excluding carboxylic acids is 2. The predicted molar refractivity (Wildman–Crippen MR) is 99.0 cm³/mol. The molecular weight excluding hydrogens is 346 g/mol. The topological polar surface area (TPSA) is 88.8 Å². The summed E-state index contributed by atoms with van der Waals surface area (Å²) in [5, 5.41) is 12.0. The van der Waals surface area contributed by atoms with E-state index >= 15 is 0 Å². The first-order valence-electron chi connectivity index (χ1n) is 8.43. The fourth-order valence-electron chi connectivity index (χ4n) is 2.47. The molecule has 0 spiro atoms. The number of benzene rings is 2. The van der Waals surface area contributed by atoms with Crippen LogP contribution < -0.4 is 5.32 Å². The fourth-order valence-corrected chi connectivity index (χ4v) is 2.47. The molecule has 1 aromatic heterocycles. The predicted octanol–water partition coefficient (Wildman–Crippen LogP) is 3.51. The standard InChI is InChI=1S/C21H19NO5/c1-14(20(24)22-13-19-3-2-12-26-19)27-21(25)17-6-4-15(5-7-17)16-8-10-18(23)11-9-16/h2-12,14,23H,13H2,1H3,(H,22,24)/t14-/m1/s1. The van der Waals surface area contributed by atoms with Gasteiger partial charge in [-0.15, -0.1) is 0 Å². The molecule has 3 aromatic rings. The van der Waals surface area contributed by atoms with E-state index in [1.807, 2.05) is 0 Å². The monoisotopic (exact) mass is 365 g/mol. The lowest BCUT2D eigenvalue weighted by Gasteiger charge is -2.13. The Morgan fingerprint density at radius 2 is 1.67 bits per heavy atom. The van der Waals surface area contributed by atoms with Crippen molar-refractivity contribution in [2.24, 2.45) is 0 Å². The third-order valence-electron chi connectivity index (χ3n) is 3.99. The Kier molecular flexibility index (Phi) is 5.56. The van der Waals surface area contributed by atoms with Crippen LogP contribution in [0, 0.1) is 0 Å². The van der Waals surface area contributed by atoms with Crippen molar-refractivity contribution in [1.82, 2.24) is 5.32 Å². The van der Waals surface area contributed by atoms with Gasteiger partial charge < -0.3 is 19.6 Å². The second-order valence-electron chi connectivity index (χ2n) is 5.97. The Balaban J connectivity index is 1.56. The molecule has 0 radical (unpaired) electrons. The van der Waals surface area contributed by atoms with E-state index in [9.17, 15) is 14.7 Å². The van der Waals surface area contributed by atoms with Gasteiger partial charge in [0, 0.05) is 0 Å². The third-order valence-corrected chi connectivity index (χ3v) is 3.99. The first-order valence-corrected chi connectivity index (χ1v) is 8.43. The van der Waals surface area contributed by atoms with Crippen LogP contribution in [0.4, 0.5) is 0 Å². The lowest BCUT2D eigenvalue weighted by molar-refractivity contribution is -0.129. The van der Waals surface area contributed by atoms with Gasteiger partial charge in [0.1, 0.15) is 11.5 Å². The van der Waals surface area contributed by atoms with E-state index < -0.39 is 18.0 Å². The Morgan fingerprint density at radius 3 is 2.26 bits per heavy atom. The van der Waals surface area contributed by atoms with E-state index in [0.717, 1.165) is 11.1 Å². The van der Waals surface area contributed by atoms with Gasteiger partial charge in [-0.05, 0) is 54.4 Å². The van der Waals surface area contributed by atoms with Crippen molar-refractivity contribution < 1.29 is 23.8 Å². The SMILES string of the molecule is C[C@@H](OC(=O)c1ccc(-c2ccc(O)cc2)cc1)C(=O)NCc1ccco1. The highest BCUT2D eigenvalue weighted by Crippen LogP contribution is 2.22. The van der Waals surface area contributed by atoms with Gasteiger partial charge in [-0.2, -0.15) is 0 Å². The van der Waals surface area contributed by atoms with E-state index in [2.05, 4.69) is 5.32 Å². The summed E-state index contributed by atoms with van der Waals surface area (Å²) in [6.07, 6.45) is 0.594. The number of amides is 1. The van der Waals surface area contributed by atoms with Crippen molar-refractivity contribution in [3.63, 3.8) is 0 Å². The third kappa shape index (κ3) is 4.76. The highest BCUT2D eigenvalue weighted by atomic mass is 16.5. The van der Waals surface area contributed by atoms with Crippen molar-refractivity contribution in [3.8, 4) is 16.9 Å². The molecule has 6 nitrogen and oxygen atoms in total. The van der Waals surface area contributed by atoms with Crippen molar-refractivity contribution in [1.29, 1.82) is 0 Å². The van der Waals surface area contributed by atoms with Gasteiger partial charge >= 0.3 is 5.97 Å². The van der Waals surface area contributed by atoms with Gasteiger partial charge in [0.05, 0.1) is 18.4 Å². The number of ether oxygens (including phenoxy) is 1. The van der Waals surface area contributed by atoms with Crippen LogP contribution in [0.5, 0.6) is 5.75 Å². The molecule has 0 aliphatic carbocycles. The van der Waals surface area contributed by atoms with Crippen LogP contribution >= 0.6 is 0 Å². The van der Waals surface area contributed by atoms with Crippen LogP contribution in [0.2, 0.25) is 0 Å². The lowest BCUT2D eigenvalue weighted by atomic mass is 10.0. The molecule has 0 saturated heterocycles. The quantitative estimate of drug-likeness (QED) is 0.653. The maximum atomic E-state index is 12.2. The summed E-state index contributed by atoms with van der Waals surface area (Å²) in [4.78, 5) is 24.3. The Hall–Kier alpha value is -3.54. The van der Waals surface area contributed by atoms with Gasteiger partial charge in [-0.3, -0.25) is 4.79 Å². The van der Waals surface area contributed by atoms with Crippen LogP contribution in [0.1, 0.15) is 23.0 Å². The summed E-state index contributed by atoms with van der Waals surface area (Å²) in [5.41, 5.74) is 2.16. The van der Waals surface area contributed by atoms with Crippen LogP contribution in [0.3, 0.4) is 0 Å². The molecule has 138 valence electrons. The first-order chi connectivity index (χ1) is 13.0. The number of rotatable bonds is 6. The van der Waals surface area contributed by atoms with Crippen molar-refractivity contribution in [2.75, 3.05) is 0 Å². The van der Waals surface area contributed by atoms with E-state index in [4.69, 9.17) is 9.15 Å². The number of hydrogen-bond acceptors (Lipinski definition) is 5. The molecule has 2 aromatic carbocycles. The van der Waals surface area contributed by atoms with Gasteiger partial charge in [-0.25, -0.2) is 4.79 Å². The highest BCUT2D eigenvalue weighted by molar-refractivity contribution is 5.92. The summed E-state index contributed by atoms with van der Waals surface area (Å²) in [5.74, 6) is -0.168. The second-order valence-corrected chi connectivity index (χ2v) is 5.97. The molecule has 27 heavy (non-hydrogen) atoms. The number of esters is 1. The molecular formula is C21H19NO5. The molecule has 1 heterocycles. The summed E-state index contributed by atoms with van der Waals surface area (Å²) >= 11 is 0. The van der Waals surface area contributed by atoms with Crippen LogP contribution in [0.25, 0.3) is 11.1 Å². The van der Waals surface area contributed by atoms with E-state index in [0.29, 0.717) is 11.3 Å². The maximum Gasteiger partial charge on any atom is 0.338 e. The molecule has 3 rings (SSSR count). The molecule has 0 bridgehead atoms. The number of phenolic OH excluding ortho intramolecular Hbond substituents is 1. The molecule has 1 amide bonds. The minimum atomic E-state index is -0.927. The minimum absolute atomic E-state index is 0.193. The summed E-state index contributed by atoms with van der Waals surface area (Å²) in [6.45, 7) is 1.75. The van der Waals surface area contributed by atoms with Crippen LogP contribution in [-0.2, 0) is 16.1 Å².